The van der Waals surface area contributed by atoms with Crippen LogP contribution in [0.5, 0.6) is 0 Å². The lowest BCUT2D eigenvalue weighted by Gasteiger charge is -2.03. The van der Waals surface area contributed by atoms with Gasteiger partial charge in [0.15, 0.2) is 0 Å². The van der Waals surface area contributed by atoms with Crippen molar-refractivity contribution in [1.29, 1.82) is 0 Å². The SMILES string of the molecule is Cc1oc(CNCC(C)O)cc1C(=O)O. The zero-order chi connectivity index (χ0) is 11.4. The molecular formula is C10H15NO4. The molecule has 0 bridgehead atoms. The summed E-state index contributed by atoms with van der Waals surface area (Å²) in [5.74, 6) is -0.0278. The topological polar surface area (TPSA) is 82.7 Å². The monoisotopic (exact) mass is 213 g/mol. The van der Waals surface area contributed by atoms with E-state index >= 15 is 0 Å². The largest absolute Gasteiger partial charge is 0.478 e. The summed E-state index contributed by atoms with van der Waals surface area (Å²) in [6, 6.07) is 1.49. The molecule has 0 radical (unpaired) electrons. The Balaban J connectivity index is 2.56. The van der Waals surface area contributed by atoms with Gasteiger partial charge < -0.3 is 19.9 Å². The zero-order valence-electron chi connectivity index (χ0n) is 8.78. The molecule has 0 amide bonds. The van der Waals surface area contributed by atoms with Crippen LogP contribution < -0.4 is 5.32 Å². The molecule has 0 aliphatic rings. The van der Waals surface area contributed by atoms with Gasteiger partial charge in [0, 0.05) is 6.54 Å². The minimum absolute atomic E-state index is 0.184. The van der Waals surface area contributed by atoms with Gasteiger partial charge in [-0.1, -0.05) is 0 Å². The Morgan fingerprint density at radius 2 is 2.33 bits per heavy atom. The Bertz CT molecular complexity index is 343. The van der Waals surface area contributed by atoms with Crippen molar-refractivity contribution in [1.82, 2.24) is 5.32 Å². The van der Waals surface area contributed by atoms with Gasteiger partial charge in [-0.05, 0) is 19.9 Å². The van der Waals surface area contributed by atoms with Gasteiger partial charge in [-0.2, -0.15) is 0 Å². The van der Waals surface area contributed by atoms with E-state index in [0.717, 1.165) is 0 Å². The van der Waals surface area contributed by atoms with Crippen LogP contribution in [0.25, 0.3) is 0 Å². The summed E-state index contributed by atoms with van der Waals surface area (Å²) in [6.45, 7) is 4.14. The highest BCUT2D eigenvalue weighted by atomic mass is 16.4. The Morgan fingerprint density at radius 3 is 2.80 bits per heavy atom. The first-order valence-corrected chi connectivity index (χ1v) is 4.72. The van der Waals surface area contributed by atoms with E-state index < -0.39 is 12.1 Å². The lowest BCUT2D eigenvalue weighted by molar-refractivity contribution is 0.0695. The highest BCUT2D eigenvalue weighted by Gasteiger charge is 2.13. The number of hydrogen-bond acceptors (Lipinski definition) is 4. The third kappa shape index (κ3) is 3.38. The van der Waals surface area contributed by atoms with E-state index in [1.807, 2.05) is 0 Å². The Hall–Kier alpha value is -1.33. The van der Waals surface area contributed by atoms with Crippen molar-refractivity contribution < 1.29 is 19.4 Å². The maximum atomic E-state index is 10.7. The first kappa shape index (κ1) is 11.7. The number of carboxylic acid groups (broad SMARTS) is 1. The molecule has 0 saturated carbocycles. The van der Waals surface area contributed by atoms with Crippen LogP contribution in [-0.2, 0) is 6.54 Å². The lowest BCUT2D eigenvalue weighted by Crippen LogP contribution is -2.23. The molecule has 84 valence electrons. The second-order valence-electron chi connectivity index (χ2n) is 3.47. The van der Waals surface area contributed by atoms with E-state index in [4.69, 9.17) is 14.6 Å². The van der Waals surface area contributed by atoms with Crippen molar-refractivity contribution in [2.45, 2.75) is 26.5 Å². The van der Waals surface area contributed by atoms with Gasteiger partial charge in [-0.25, -0.2) is 4.79 Å². The highest BCUT2D eigenvalue weighted by molar-refractivity contribution is 5.88. The third-order valence-electron chi connectivity index (χ3n) is 1.94. The Kier molecular flexibility index (Phi) is 3.88. The van der Waals surface area contributed by atoms with E-state index in [1.165, 1.54) is 6.07 Å². The second kappa shape index (κ2) is 4.95. The molecule has 1 aromatic heterocycles. The zero-order valence-corrected chi connectivity index (χ0v) is 8.78. The quantitative estimate of drug-likeness (QED) is 0.672. The fourth-order valence-electron chi connectivity index (χ4n) is 1.25. The minimum atomic E-state index is -0.988. The van der Waals surface area contributed by atoms with Gasteiger partial charge in [-0.15, -0.1) is 0 Å². The van der Waals surface area contributed by atoms with Crippen molar-refractivity contribution in [3.63, 3.8) is 0 Å². The van der Waals surface area contributed by atoms with Crippen LogP contribution in [0.3, 0.4) is 0 Å². The van der Waals surface area contributed by atoms with Crippen LogP contribution in [0.2, 0.25) is 0 Å². The maximum Gasteiger partial charge on any atom is 0.339 e. The van der Waals surface area contributed by atoms with Crippen molar-refractivity contribution in [3.8, 4) is 0 Å². The summed E-state index contributed by atoms with van der Waals surface area (Å²) in [4.78, 5) is 10.7. The number of aliphatic hydroxyl groups is 1. The molecule has 5 nitrogen and oxygen atoms in total. The standard InChI is InChI=1S/C10H15NO4/c1-6(12)4-11-5-8-3-9(10(13)14)7(2)15-8/h3,6,11-12H,4-5H2,1-2H3,(H,13,14). The average molecular weight is 213 g/mol. The Morgan fingerprint density at radius 1 is 1.67 bits per heavy atom. The van der Waals surface area contributed by atoms with Crippen LogP contribution in [0.4, 0.5) is 0 Å². The number of rotatable bonds is 5. The number of hydrogen-bond donors (Lipinski definition) is 3. The van der Waals surface area contributed by atoms with Crippen LogP contribution in [-0.4, -0.2) is 28.8 Å². The van der Waals surface area contributed by atoms with E-state index in [2.05, 4.69) is 5.32 Å². The van der Waals surface area contributed by atoms with Crippen LogP contribution in [0, 0.1) is 6.92 Å². The smallest absolute Gasteiger partial charge is 0.339 e. The molecule has 0 aliphatic carbocycles. The summed E-state index contributed by atoms with van der Waals surface area (Å²) < 4.78 is 5.23. The molecule has 3 N–H and O–H groups in total. The van der Waals surface area contributed by atoms with E-state index in [1.54, 1.807) is 13.8 Å². The van der Waals surface area contributed by atoms with E-state index in [0.29, 0.717) is 24.6 Å². The molecule has 1 aromatic rings. The predicted octanol–water partition coefficient (Wildman–Crippen LogP) is 0.757. The molecule has 1 atom stereocenters. The number of aryl methyl sites for hydroxylation is 1. The molecule has 0 saturated heterocycles. The number of aromatic carboxylic acids is 1. The second-order valence-corrected chi connectivity index (χ2v) is 3.47. The van der Waals surface area contributed by atoms with Gasteiger partial charge in [-0.3, -0.25) is 0 Å². The summed E-state index contributed by atoms with van der Waals surface area (Å²) in [7, 11) is 0. The van der Waals surface area contributed by atoms with Gasteiger partial charge in [0.25, 0.3) is 0 Å². The summed E-state index contributed by atoms with van der Waals surface area (Å²) in [6.07, 6.45) is -0.431. The fraction of sp³-hybridized carbons (Fsp3) is 0.500. The molecule has 1 rings (SSSR count). The van der Waals surface area contributed by atoms with Gasteiger partial charge in [0.1, 0.15) is 17.1 Å². The van der Waals surface area contributed by atoms with Crippen molar-refractivity contribution in [2.24, 2.45) is 0 Å². The first-order valence-electron chi connectivity index (χ1n) is 4.72. The molecule has 1 unspecified atom stereocenters. The summed E-state index contributed by atoms with van der Waals surface area (Å²) >= 11 is 0. The number of carboxylic acids is 1. The van der Waals surface area contributed by atoms with Crippen molar-refractivity contribution >= 4 is 5.97 Å². The normalized spacial score (nSPS) is 12.7. The van der Waals surface area contributed by atoms with Gasteiger partial charge in [0.2, 0.25) is 0 Å². The summed E-state index contributed by atoms with van der Waals surface area (Å²) in [5.41, 5.74) is 0.184. The average Bonchev–Trinajstić information content (AvgIpc) is 2.46. The van der Waals surface area contributed by atoms with E-state index in [-0.39, 0.29) is 5.56 Å². The van der Waals surface area contributed by atoms with E-state index in [9.17, 15) is 4.79 Å². The molecule has 0 fully saturated rings. The van der Waals surface area contributed by atoms with Crippen LogP contribution in [0.1, 0.15) is 28.8 Å². The summed E-state index contributed by atoms with van der Waals surface area (Å²) in [5, 5.41) is 20.7. The minimum Gasteiger partial charge on any atom is -0.478 e. The van der Waals surface area contributed by atoms with Crippen molar-refractivity contribution in [3.05, 3.63) is 23.2 Å². The molecule has 0 aromatic carbocycles. The number of furan rings is 1. The molecule has 15 heavy (non-hydrogen) atoms. The molecule has 0 spiro atoms. The van der Waals surface area contributed by atoms with Crippen LogP contribution in [0.15, 0.2) is 10.5 Å². The highest BCUT2D eigenvalue weighted by Crippen LogP contribution is 2.14. The third-order valence-corrected chi connectivity index (χ3v) is 1.94. The molecular weight excluding hydrogens is 198 g/mol. The number of aliphatic hydroxyl groups excluding tert-OH is 1. The first-order chi connectivity index (χ1) is 7.00. The Labute approximate surface area is 87.7 Å². The van der Waals surface area contributed by atoms with Gasteiger partial charge in [0.05, 0.1) is 12.6 Å². The van der Waals surface area contributed by atoms with Crippen LogP contribution >= 0.6 is 0 Å². The fourth-order valence-corrected chi connectivity index (χ4v) is 1.25. The number of carbonyl (C=O) groups is 1. The lowest BCUT2D eigenvalue weighted by atomic mass is 10.2. The predicted molar refractivity (Wildman–Crippen MR) is 53.8 cm³/mol. The molecule has 0 aliphatic heterocycles. The number of nitrogens with one attached hydrogen (secondary N) is 1. The molecule has 5 heteroatoms. The van der Waals surface area contributed by atoms with Gasteiger partial charge >= 0.3 is 5.97 Å². The van der Waals surface area contributed by atoms with Crippen molar-refractivity contribution in [2.75, 3.05) is 6.54 Å². The molecule has 1 heterocycles. The maximum absolute atomic E-state index is 10.7.